The Hall–Kier alpha value is -3.20. The van der Waals surface area contributed by atoms with Crippen LogP contribution >= 0.6 is 11.8 Å². The van der Waals surface area contributed by atoms with Crippen molar-refractivity contribution in [1.29, 1.82) is 0 Å². The number of ether oxygens (including phenoxy) is 2. The SMILES string of the molecule is COc1ccc(N=C2NN=C(c3ccc(O)c(C(N)=O)c3)CS2)cc1OC. The van der Waals surface area contributed by atoms with Gasteiger partial charge in [0.2, 0.25) is 0 Å². The van der Waals surface area contributed by atoms with E-state index in [-0.39, 0.29) is 11.3 Å². The highest BCUT2D eigenvalue weighted by Gasteiger charge is 2.16. The average molecular weight is 386 g/mol. The summed E-state index contributed by atoms with van der Waals surface area (Å²) in [5, 5.41) is 14.6. The Morgan fingerprint density at radius 2 is 2.00 bits per heavy atom. The second kappa shape index (κ2) is 8.00. The Kier molecular flexibility index (Phi) is 5.51. The number of hydrogen-bond donors (Lipinski definition) is 3. The summed E-state index contributed by atoms with van der Waals surface area (Å²) in [6.07, 6.45) is 0. The quantitative estimate of drug-likeness (QED) is 0.725. The fraction of sp³-hybridized carbons (Fsp3) is 0.167. The molecule has 1 amide bonds. The number of benzene rings is 2. The molecule has 0 atom stereocenters. The van der Waals surface area contributed by atoms with Crippen LogP contribution in [0.25, 0.3) is 0 Å². The second-order valence-corrected chi connectivity index (χ2v) is 6.48. The normalized spacial score (nSPS) is 15.0. The van der Waals surface area contributed by atoms with Crippen LogP contribution in [-0.2, 0) is 0 Å². The van der Waals surface area contributed by atoms with Crippen molar-refractivity contribution in [3.05, 3.63) is 47.5 Å². The number of aromatic hydroxyl groups is 1. The first-order chi connectivity index (χ1) is 13.0. The van der Waals surface area contributed by atoms with Crippen LogP contribution in [0, 0.1) is 0 Å². The lowest BCUT2D eigenvalue weighted by molar-refractivity contribution is 0.0997. The van der Waals surface area contributed by atoms with Gasteiger partial charge in [0.1, 0.15) is 5.75 Å². The molecular weight excluding hydrogens is 368 g/mol. The van der Waals surface area contributed by atoms with Crippen molar-refractivity contribution < 1.29 is 19.4 Å². The van der Waals surface area contributed by atoms with Gasteiger partial charge in [0.15, 0.2) is 16.7 Å². The summed E-state index contributed by atoms with van der Waals surface area (Å²) < 4.78 is 10.5. The molecule has 140 valence electrons. The van der Waals surface area contributed by atoms with E-state index in [9.17, 15) is 9.90 Å². The number of rotatable bonds is 5. The molecule has 3 rings (SSSR count). The number of hydrazone groups is 1. The number of phenols is 1. The van der Waals surface area contributed by atoms with Crippen LogP contribution in [0.1, 0.15) is 15.9 Å². The van der Waals surface area contributed by atoms with Gasteiger partial charge in [0, 0.05) is 11.8 Å². The van der Waals surface area contributed by atoms with Gasteiger partial charge in [-0.3, -0.25) is 10.2 Å². The molecular formula is C18H18N4O4S. The summed E-state index contributed by atoms with van der Waals surface area (Å²) >= 11 is 1.46. The van der Waals surface area contributed by atoms with Gasteiger partial charge in [-0.05, 0) is 35.9 Å². The number of amides is 1. The molecule has 8 nitrogen and oxygen atoms in total. The lowest BCUT2D eigenvalue weighted by Crippen LogP contribution is -2.25. The van der Waals surface area contributed by atoms with E-state index in [0.29, 0.717) is 39.4 Å². The molecule has 1 heterocycles. The Morgan fingerprint density at radius 3 is 2.63 bits per heavy atom. The number of aliphatic imine (C=N–C) groups is 1. The van der Waals surface area contributed by atoms with Crippen LogP contribution in [0.5, 0.6) is 17.2 Å². The van der Waals surface area contributed by atoms with Gasteiger partial charge in [-0.15, -0.1) is 0 Å². The third kappa shape index (κ3) is 4.14. The van der Waals surface area contributed by atoms with Gasteiger partial charge in [-0.1, -0.05) is 11.8 Å². The Bertz CT molecular complexity index is 943. The number of nitrogens with zero attached hydrogens (tertiary/aromatic N) is 2. The van der Waals surface area contributed by atoms with E-state index >= 15 is 0 Å². The van der Waals surface area contributed by atoms with Crippen molar-refractivity contribution in [3.63, 3.8) is 0 Å². The first-order valence-electron chi connectivity index (χ1n) is 7.91. The number of thioether (sulfide) groups is 1. The topological polar surface area (TPSA) is 119 Å². The molecule has 2 aromatic rings. The lowest BCUT2D eigenvalue weighted by atomic mass is 10.1. The number of amidine groups is 1. The standard InChI is InChI=1S/C18H18N4O4S/c1-25-15-6-4-11(8-16(15)26-2)20-18-22-21-13(9-27-18)10-3-5-14(23)12(7-10)17(19)24/h3-8,23H,9H2,1-2H3,(H2,19,24)(H,20,22). The highest BCUT2D eigenvalue weighted by Crippen LogP contribution is 2.31. The summed E-state index contributed by atoms with van der Waals surface area (Å²) in [5.41, 5.74) is 10.3. The number of carbonyl (C=O) groups excluding carboxylic acids is 1. The van der Waals surface area contributed by atoms with E-state index in [4.69, 9.17) is 15.2 Å². The lowest BCUT2D eigenvalue weighted by Gasteiger charge is -2.16. The molecule has 1 aliphatic rings. The van der Waals surface area contributed by atoms with Gasteiger partial charge in [0.25, 0.3) is 5.91 Å². The van der Waals surface area contributed by atoms with E-state index in [2.05, 4.69) is 15.5 Å². The minimum absolute atomic E-state index is 0.0602. The Labute approximate surface area is 160 Å². The van der Waals surface area contributed by atoms with E-state index in [1.807, 2.05) is 6.07 Å². The predicted octanol–water partition coefficient (Wildman–Crippen LogP) is 2.24. The summed E-state index contributed by atoms with van der Waals surface area (Å²) in [6, 6.07) is 9.99. The number of nitrogens with two attached hydrogens (primary N) is 1. The van der Waals surface area contributed by atoms with Crippen LogP contribution in [0.4, 0.5) is 5.69 Å². The Balaban J connectivity index is 1.80. The van der Waals surface area contributed by atoms with Gasteiger partial charge in [-0.2, -0.15) is 5.10 Å². The van der Waals surface area contributed by atoms with Crippen LogP contribution in [0.2, 0.25) is 0 Å². The van der Waals surface area contributed by atoms with Crippen molar-refractivity contribution in [2.45, 2.75) is 0 Å². The fourth-order valence-electron chi connectivity index (χ4n) is 2.45. The van der Waals surface area contributed by atoms with Crippen molar-refractivity contribution in [2.75, 3.05) is 20.0 Å². The van der Waals surface area contributed by atoms with E-state index < -0.39 is 5.91 Å². The maximum absolute atomic E-state index is 11.4. The summed E-state index contributed by atoms with van der Waals surface area (Å²) in [4.78, 5) is 15.9. The summed E-state index contributed by atoms with van der Waals surface area (Å²) in [7, 11) is 3.14. The third-order valence-corrected chi connectivity index (χ3v) is 4.70. The highest BCUT2D eigenvalue weighted by atomic mass is 32.2. The third-order valence-electron chi connectivity index (χ3n) is 3.83. The van der Waals surface area contributed by atoms with Crippen molar-refractivity contribution in [3.8, 4) is 17.2 Å². The molecule has 0 spiro atoms. The van der Waals surface area contributed by atoms with Crippen molar-refractivity contribution in [2.24, 2.45) is 15.8 Å². The van der Waals surface area contributed by atoms with E-state index in [1.54, 1.807) is 32.4 Å². The Morgan fingerprint density at radius 1 is 1.22 bits per heavy atom. The molecule has 0 aromatic heterocycles. The zero-order valence-electron chi connectivity index (χ0n) is 14.7. The van der Waals surface area contributed by atoms with Gasteiger partial charge in [-0.25, -0.2) is 4.99 Å². The average Bonchev–Trinajstić information content (AvgIpc) is 2.68. The molecule has 4 N–H and O–H groups in total. The predicted molar refractivity (Wildman–Crippen MR) is 105 cm³/mol. The zero-order chi connectivity index (χ0) is 19.4. The van der Waals surface area contributed by atoms with Crippen LogP contribution < -0.4 is 20.6 Å². The van der Waals surface area contributed by atoms with Gasteiger partial charge >= 0.3 is 0 Å². The van der Waals surface area contributed by atoms with Crippen LogP contribution in [-0.4, -0.2) is 41.9 Å². The molecule has 27 heavy (non-hydrogen) atoms. The molecule has 0 fully saturated rings. The minimum Gasteiger partial charge on any atom is -0.507 e. The molecule has 0 unspecified atom stereocenters. The maximum Gasteiger partial charge on any atom is 0.252 e. The molecule has 0 aliphatic carbocycles. The van der Waals surface area contributed by atoms with Crippen LogP contribution in [0.15, 0.2) is 46.5 Å². The maximum atomic E-state index is 11.4. The van der Waals surface area contributed by atoms with E-state index in [1.165, 1.54) is 23.9 Å². The first kappa shape index (κ1) is 18.6. The number of carbonyl (C=O) groups is 1. The van der Waals surface area contributed by atoms with Gasteiger partial charge in [0.05, 0.1) is 31.2 Å². The number of nitrogens with one attached hydrogen (secondary N) is 1. The minimum atomic E-state index is -0.693. The molecule has 2 aromatic carbocycles. The fourth-order valence-corrected chi connectivity index (χ4v) is 3.23. The summed E-state index contributed by atoms with van der Waals surface area (Å²) in [5.74, 6) is 0.916. The number of methoxy groups -OCH3 is 2. The first-order valence-corrected chi connectivity index (χ1v) is 8.89. The number of primary amides is 1. The molecule has 0 radical (unpaired) electrons. The van der Waals surface area contributed by atoms with E-state index in [0.717, 1.165) is 0 Å². The molecule has 1 aliphatic heterocycles. The number of hydrogen-bond acceptors (Lipinski definition) is 7. The monoisotopic (exact) mass is 386 g/mol. The second-order valence-electron chi connectivity index (χ2n) is 5.51. The van der Waals surface area contributed by atoms with Crippen molar-refractivity contribution in [1.82, 2.24) is 5.43 Å². The molecule has 0 saturated heterocycles. The summed E-state index contributed by atoms with van der Waals surface area (Å²) in [6.45, 7) is 0. The zero-order valence-corrected chi connectivity index (χ0v) is 15.5. The molecule has 9 heteroatoms. The van der Waals surface area contributed by atoms with Gasteiger partial charge < -0.3 is 20.3 Å². The van der Waals surface area contributed by atoms with Crippen LogP contribution in [0.3, 0.4) is 0 Å². The van der Waals surface area contributed by atoms with Crippen molar-refractivity contribution >= 4 is 34.2 Å². The molecule has 0 saturated carbocycles. The smallest absolute Gasteiger partial charge is 0.252 e. The highest BCUT2D eigenvalue weighted by molar-refractivity contribution is 8.14. The molecule has 0 bridgehead atoms. The largest absolute Gasteiger partial charge is 0.507 e.